The molecule has 104 valence electrons. The third kappa shape index (κ3) is 5.62. The van der Waals surface area contributed by atoms with Crippen LogP contribution in [0.2, 0.25) is 0 Å². The van der Waals surface area contributed by atoms with Crippen molar-refractivity contribution in [2.75, 3.05) is 20.3 Å². The van der Waals surface area contributed by atoms with Gasteiger partial charge >= 0.3 is 0 Å². The van der Waals surface area contributed by atoms with Gasteiger partial charge in [0, 0.05) is 12.6 Å². The highest BCUT2D eigenvalue weighted by molar-refractivity contribution is 5.56. The lowest BCUT2D eigenvalue weighted by Gasteiger charge is -2.09. The summed E-state index contributed by atoms with van der Waals surface area (Å²) in [5.74, 6) is 1.47. The molecule has 0 radical (unpaired) electrons. The predicted molar refractivity (Wildman–Crippen MR) is 80.9 cm³/mol. The molecular weight excluding hydrogens is 238 g/mol. The van der Waals surface area contributed by atoms with Gasteiger partial charge in [-0.15, -0.1) is 0 Å². The fourth-order valence-electron chi connectivity index (χ4n) is 1.55. The smallest absolute Gasteiger partial charge is 0.161 e. The van der Waals surface area contributed by atoms with Crippen LogP contribution in [0.15, 0.2) is 36.9 Å². The van der Waals surface area contributed by atoms with Crippen LogP contribution >= 0.6 is 0 Å². The molecule has 0 saturated heterocycles. The summed E-state index contributed by atoms with van der Waals surface area (Å²) in [4.78, 5) is 0. The second-order valence-corrected chi connectivity index (χ2v) is 4.48. The third-order valence-electron chi connectivity index (χ3n) is 2.50. The monoisotopic (exact) mass is 261 g/mol. The van der Waals surface area contributed by atoms with Crippen molar-refractivity contribution in [3.05, 3.63) is 42.5 Å². The predicted octanol–water partition coefficient (Wildman–Crippen LogP) is 3.27. The molecule has 19 heavy (non-hydrogen) atoms. The number of hydrogen-bond acceptors (Lipinski definition) is 3. The van der Waals surface area contributed by atoms with Gasteiger partial charge in [0.2, 0.25) is 0 Å². The zero-order chi connectivity index (χ0) is 14.1. The lowest BCUT2D eigenvalue weighted by molar-refractivity contribution is 0.326. The highest BCUT2D eigenvalue weighted by Crippen LogP contribution is 2.28. The Balaban J connectivity index is 2.67. The molecule has 0 spiro atoms. The molecule has 0 amide bonds. The molecule has 0 aliphatic carbocycles. The number of ether oxygens (including phenoxy) is 2. The quantitative estimate of drug-likeness (QED) is 0.729. The summed E-state index contributed by atoms with van der Waals surface area (Å²) in [5.41, 5.74) is 1.09. The Labute approximate surface area is 115 Å². The van der Waals surface area contributed by atoms with E-state index in [2.05, 4.69) is 37.9 Å². The van der Waals surface area contributed by atoms with E-state index in [4.69, 9.17) is 9.47 Å². The number of benzene rings is 1. The van der Waals surface area contributed by atoms with Crippen molar-refractivity contribution in [2.24, 2.45) is 0 Å². The molecule has 0 aromatic heterocycles. The SMILES string of the molecule is C=CCOc1ccc(C=CCNC(C)C)cc1OC. The zero-order valence-corrected chi connectivity index (χ0v) is 12.0. The van der Waals surface area contributed by atoms with E-state index in [1.54, 1.807) is 13.2 Å². The Morgan fingerprint density at radius 3 is 2.74 bits per heavy atom. The zero-order valence-electron chi connectivity index (χ0n) is 12.0. The first-order valence-corrected chi connectivity index (χ1v) is 6.49. The summed E-state index contributed by atoms with van der Waals surface area (Å²) in [6.07, 6.45) is 5.87. The number of nitrogens with one attached hydrogen (secondary N) is 1. The van der Waals surface area contributed by atoms with Gasteiger partial charge in [-0.05, 0) is 17.7 Å². The Hall–Kier alpha value is -1.74. The Bertz CT molecular complexity index is 425. The van der Waals surface area contributed by atoms with Gasteiger partial charge in [0.15, 0.2) is 11.5 Å². The lowest BCUT2D eigenvalue weighted by Crippen LogP contribution is -2.22. The molecular formula is C16H23NO2. The van der Waals surface area contributed by atoms with E-state index in [-0.39, 0.29) is 0 Å². The van der Waals surface area contributed by atoms with Gasteiger partial charge in [-0.2, -0.15) is 0 Å². The summed E-state index contributed by atoms with van der Waals surface area (Å²) < 4.78 is 10.8. The molecule has 0 saturated carbocycles. The molecule has 1 N–H and O–H groups in total. The van der Waals surface area contributed by atoms with Gasteiger partial charge in [0.1, 0.15) is 6.61 Å². The maximum Gasteiger partial charge on any atom is 0.161 e. The van der Waals surface area contributed by atoms with Crippen molar-refractivity contribution >= 4 is 6.08 Å². The van der Waals surface area contributed by atoms with Crippen molar-refractivity contribution in [1.29, 1.82) is 0 Å². The van der Waals surface area contributed by atoms with Gasteiger partial charge in [-0.3, -0.25) is 0 Å². The number of methoxy groups -OCH3 is 1. The van der Waals surface area contributed by atoms with Crippen molar-refractivity contribution in [3.8, 4) is 11.5 Å². The van der Waals surface area contributed by atoms with E-state index < -0.39 is 0 Å². The first-order chi connectivity index (χ1) is 9.17. The summed E-state index contributed by atoms with van der Waals surface area (Å²) in [7, 11) is 1.64. The Morgan fingerprint density at radius 1 is 1.32 bits per heavy atom. The van der Waals surface area contributed by atoms with E-state index in [0.717, 1.165) is 23.6 Å². The molecule has 1 aromatic carbocycles. The van der Waals surface area contributed by atoms with Crippen LogP contribution in [0.3, 0.4) is 0 Å². The average molecular weight is 261 g/mol. The first kappa shape index (κ1) is 15.3. The van der Waals surface area contributed by atoms with Gasteiger partial charge in [0.25, 0.3) is 0 Å². The molecule has 3 nitrogen and oxygen atoms in total. The highest BCUT2D eigenvalue weighted by Gasteiger charge is 2.03. The average Bonchev–Trinajstić information content (AvgIpc) is 2.41. The molecule has 0 aliphatic rings. The summed E-state index contributed by atoms with van der Waals surface area (Å²) in [6, 6.07) is 6.38. The summed E-state index contributed by atoms with van der Waals surface area (Å²) in [5, 5.41) is 3.33. The van der Waals surface area contributed by atoms with Gasteiger partial charge in [-0.25, -0.2) is 0 Å². The lowest BCUT2D eigenvalue weighted by atomic mass is 10.2. The molecule has 0 fully saturated rings. The minimum Gasteiger partial charge on any atom is -0.493 e. The fraction of sp³-hybridized carbons (Fsp3) is 0.375. The minimum absolute atomic E-state index is 0.476. The fourth-order valence-corrected chi connectivity index (χ4v) is 1.55. The van der Waals surface area contributed by atoms with Crippen LogP contribution in [0.5, 0.6) is 11.5 Å². The van der Waals surface area contributed by atoms with Crippen LogP contribution in [0.25, 0.3) is 6.08 Å². The van der Waals surface area contributed by atoms with Crippen LogP contribution in [0.4, 0.5) is 0 Å². The summed E-state index contributed by atoms with van der Waals surface area (Å²) in [6.45, 7) is 9.22. The van der Waals surface area contributed by atoms with E-state index in [1.807, 2.05) is 18.2 Å². The van der Waals surface area contributed by atoms with Crippen molar-refractivity contribution in [3.63, 3.8) is 0 Å². The van der Waals surface area contributed by atoms with Crippen LogP contribution in [0, 0.1) is 0 Å². The maximum atomic E-state index is 5.51. The van der Waals surface area contributed by atoms with Crippen molar-refractivity contribution in [1.82, 2.24) is 5.32 Å². The molecule has 0 heterocycles. The largest absolute Gasteiger partial charge is 0.493 e. The second-order valence-electron chi connectivity index (χ2n) is 4.48. The van der Waals surface area contributed by atoms with E-state index in [9.17, 15) is 0 Å². The van der Waals surface area contributed by atoms with E-state index in [0.29, 0.717) is 12.6 Å². The van der Waals surface area contributed by atoms with E-state index in [1.165, 1.54) is 0 Å². The van der Waals surface area contributed by atoms with E-state index >= 15 is 0 Å². The highest BCUT2D eigenvalue weighted by atomic mass is 16.5. The molecule has 0 bridgehead atoms. The van der Waals surface area contributed by atoms with Gasteiger partial charge in [0.05, 0.1) is 7.11 Å². The number of rotatable bonds is 8. The second kappa shape index (κ2) is 8.38. The normalized spacial score (nSPS) is 10.9. The van der Waals surface area contributed by atoms with Gasteiger partial charge in [-0.1, -0.05) is 44.7 Å². The van der Waals surface area contributed by atoms with Crippen molar-refractivity contribution in [2.45, 2.75) is 19.9 Å². The minimum atomic E-state index is 0.476. The van der Waals surface area contributed by atoms with Crippen LogP contribution in [-0.4, -0.2) is 26.3 Å². The summed E-state index contributed by atoms with van der Waals surface area (Å²) >= 11 is 0. The third-order valence-corrected chi connectivity index (χ3v) is 2.50. The molecule has 0 unspecified atom stereocenters. The van der Waals surface area contributed by atoms with Crippen LogP contribution in [0.1, 0.15) is 19.4 Å². The Kier molecular flexibility index (Phi) is 6.75. The molecule has 1 rings (SSSR count). The first-order valence-electron chi connectivity index (χ1n) is 6.49. The topological polar surface area (TPSA) is 30.5 Å². The van der Waals surface area contributed by atoms with Crippen LogP contribution < -0.4 is 14.8 Å². The standard InChI is InChI=1S/C16H23NO2/c1-5-11-19-15-9-8-14(12-16(15)18-4)7-6-10-17-13(2)3/h5-9,12-13,17H,1,10-11H2,2-4H3. The molecule has 0 atom stereocenters. The molecule has 3 heteroatoms. The van der Waals surface area contributed by atoms with Crippen LogP contribution in [-0.2, 0) is 0 Å². The van der Waals surface area contributed by atoms with Gasteiger partial charge < -0.3 is 14.8 Å². The maximum absolute atomic E-state index is 5.51. The van der Waals surface area contributed by atoms with Crippen molar-refractivity contribution < 1.29 is 9.47 Å². The number of hydrogen-bond donors (Lipinski definition) is 1. The Morgan fingerprint density at radius 2 is 2.11 bits per heavy atom. The molecule has 0 aliphatic heterocycles. The molecule has 1 aromatic rings.